The first-order valence-electron chi connectivity index (χ1n) is 6.89. The Labute approximate surface area is 116 Å². The molecule has 2 aliphatic heterocycles. The van der Waals surface area contributed by atoms with Crippen molar-refractivity contribution in [2.45, 2.75) is 38.6 Å². The van der Waals surface area contributed by atoms with Crippen LogP contribution in [0, 0.1) is 5.92 Å². The minimum atomic E-state index is 0.505. The van der Waals surface area contributed by atoms with Crippen LogP contribution in [0.2, 0.25) is 0 Å². The van der Waals surface area contributed by atoms with E-state index in [4.69, 9.17) is 9.84 Å². The number of halogens is 1. The summed E-state index contributed by atoms with van der Waals surface area (Å²) in [4.78, 5) is 0. The van der Waals surface area contributed by atoms with E-state index in [0.717, 1.165) is 43.5 Å². The van der Waals surface area contributed by atoms with Crippen LogP contribution in [0.4, 0.5) is 5.82 Å². The lowest BCUT2D eigenvalue weighted by Crippen LogP contribution is -2.29. The Balaban J connectivity index is 1.92. The second-order valence-corrected chi connectivity index (χ2v) is 6.00. The Hall–Kier alpha value is -0.550. The van der Waals surface area contributed by atoms with E-state index >= 15 is 0 Å². The Bertz CT molecular complexity index is 426. The van der Waals surface area contributed by atoms with E-state index in [1.165, 1.54) is 17.9 Å². The Morgan fingerprint density at radius 3 is 3.11 bits per heavy atom. The average molecular weight is 314 g/mol. The number of nitrogens with one attached hydrogen (secondary N) is 1. The first-order chi connectivity index (χ1) is 8.81. The number of rotatable bonds is 3. The lowest BCUT2D eigenvalue weighted by atomic mass is 9.95. The van der Waals surface area contributed by atoms with Crippen molar-refractivity contribution in [1.82, 2.24) is 9.78 Å². The monoisotopic (exact) mass is 313 g/mol. The molecule has 3 heterocycles. The summed E-state index contributed by atoms with van der Waals surface area (Å²) in [5.74, 6) is 1.80. The van der Waals surface area contributed by atoms with E-state index in [2.05, 4.69) is 32.9 Å². The van der Waals surface area contributed by atoms with E-state index in [1.807, 2.05) is 0 Å². The van der Waals surface area contributed by atoms with Gasteiger partial charge in [-0.3, -0.25) is 0 Å². The molecule has 2 atom stereocenters. The fourth-order valence-corrected chi connectivity index (χ4v) is 3.61. The lowest BCUT2D eigenvalue weighted by molar-refractivity contribution is 0.167. The van der Waals surface area contributed by atoms with Crippen molar-refractivity contribution in [2.24, 2.45) is 5.92 Å². The summed E-state index contributed by atoms with van der Waals surface area (Å²) in [5, 5.41) is 8.29. The third-order valence-corrected chi connectivity index (χ3v) is 4.79. The van der Waals surface area contributed by atoms with Crippen LogP contribution < -0.4 is 5.32 Å². The molecule has 3 rings (SSSR count). The van der Waals surface area contributed by atoms with Gasteiger partial charge in [0.25, 0.3) is 0 Å². The van der Waals surface area contributed by atoms with Gasteiger partial charge in [-0.15, -0.1) is 0 Å². The van der Waals surface area contributed by atoms with Crippen molar-refractivity contribution in [2.75, 3.05) is 25.1 Å². The lowest BCUT2D eigenvalue weighted by Gasteiger charge is -2.29. The summed E-state index contributed by atoms with van der Waals surface area (Å²) >= 11 is 3.70. The largest absolute Gasteiger partial charge is 0.381 e. The standard InChI is InChI=1S/C13H20BrN3O/c1-2-3-10-12(14)13-15-6-4-11(17(13)16-10)9-5-7-18-8-9/h9,11,15H,2-8H2,1H3. The summed E-state index contributed by atoms with van der Waals surface area (Å²) in [7, 11) is 0. The Kier molecular flexibility index (Phi) is 3.61. The minimum absolute atomic E-state index is 0.505. The first-order valence-corrected chi connectivity index (χ1v) is 7.69. The molecule has 1 aromatic rings. The molecule has 1 saturated heterocycles. The third kappa shape index (κ3) is 2.07. The van der Waals surface area contributed by atoms with Gasteiger partial charge in [0.1, 0.15) is 5.82 Å². The zero-order valence-corrected chi connectivity index (χ0v) is 12.4. The van der Waals surface area contributed by atoms with Gasteiger partial charge in [-0.05, 0) is 35.2 Å². The predicted octanol–water partition coefficient (Wildman–Crippen LogP) is 2.99. The molecule has 0 bridgehead atoms. The molecule has 0 aromatic carbocycles. The van der Waals surface area contributed by atoms with Crippen LogP contribution in [-0.4, -0.2) is 29.5 Å². The number of anilines is 1. The smallest absolute Gasteiger partial charge is 0.139 e. The van der Waals surface area contributed by atoms with Gasteiger partial charge < -0.3 is 10.1 Å². The molecule has 0 spiro atoms. The van der Waals surface area contributed by atoms with Gasteiger partial charge in [0.05, 0.1) is 22.8 Å². The molecule has 4 nitrogen and oxygen atoms in total. The van der Waals surface area contributed by atoms with Crippen molar-refractivity contribution >= 4 is 21.7 Å². The molecule has 2 aliphatic rings. The van der Waals surface area contributed by atoms with Crippen LogP contribution in [0.5, 0.6) is 0 Å². The van der Waals surface area contributed by atoms with E-state index < -0.39 is 0 Å². The van der Waals surface area contributed by atoms with Crippen LogP contribution in [0.25, 0.3) is 0 Å². The Morgan fingerprint density at radius 1 is 1.50 bits per heavy atom. The average Bonchev–Trinajstić information content (AvgIpc) is 3.00. The van der Waals surface area contributed by atoms with Gasteiger partial charge in [0, 0.05) is 19.1 Å². The quantitative estimate of drug-likeness (QED) is 0.932. The third-order valence-electron chi connectivity index (χ3n) is 3.96. The zero-order chi connectivity index (χ0) is 12.5. The topological polar surface area (TPSA) is 39.1 Å². The molecule has 0 aliphatic carbocycles. The van der Waals surface area contributed by atoms with Gasteiger partial charge in [0.15, 0.2) is 0 Å². The van der Waals surface area contributed by atoms with Crippen LogP contribution >= 0.6 is 15.9 Å². The fourth-order valence-electron chi connectivity index (χ4n) is 3.01. The highest BCUT2D eigenvalue weighted by molar-refractivity contribution is 9.10. The maximum Gasteiger partial charge on any atom is 0.139 e. The molecular formula is C13H20BrN3O. The van der Waals surface area contributed by atoms with Crippen molar-refractivity contribution in [3.8, 4) is 0 Å². The molecule has 18 heavy (non-hydrogen) atoms. The second kappa shape index (κ2) is 5.21. The number of nitrogens with zero attached hydrogens (tertiary/aromatic N) is 2. The minimum Gasteiger partial charge on any atom is -0.381 e. The summed E-state index contributed by atoms with van der Waals surface area (Å²) in [6.45, 7) is 5.04. The van der Waals surface area contributed by atoms with Crippen molar-refractivity contribution in [1.29, 1.82) is 0 Å². The van der Waals surface area contributed by atoms with Gasteiger partial charge in [-0.2, -0.15) is 5.10 Å². The number of hydrogen-bond acceptors (Lipinski definition) is 3. The summed E-state index contributed by atoms with van der Waals surface area (Å²) in [6.07, 6.45) is 4.49. The van der Waals surface area contributed by atoms with Crippen molar-refractivity contribution in [3.05, 3.63) is 10.2 Å². The Morgan fingerprint density at radius 2 is 2.39 bits per heavy atom. The SMILES string of the molecule is CCCc1nn2c(c1Br)NCCC2C1CCOC1. The van der Waals surface area contributed by atoms with Crippen LogP contribution in [0.1, 0.15) is 37.9 Å². The van der Waals surface area contributed by atoms with Gasteiger partial charge >= 0.3 is 0 Å². The van der Waals surface area contributed by atoms with Crippen LogP contribution in [0.15, 0.2) is 4.47 Å². The fraction of sp³-hybridized carbons (Fsp3) is 0.769. The van der Waals surface area contributed by atoms with E-state index in [9.17, 15) is 0 Å². The molecule has 2 unspecified atom stereocenters. The maximum atomic E-state index is 5.54. The molecule has 1 N–H and O–H groups in total. The zero-order valence-electron chi connectivity index (χ0n) is 10.8. The number of fused-ring (bicyclic) bond motifs is 1. The van der Waals surface area contributed by atoms with Gasteiger partial charge in [-0.1, -0.05) is 13.3 Å². The van der Waals surface area contributed by atoms with Crippen molar-refractivity contribution < 1.29 is 4.74 Å². The molecule has 1 fully saturated rings. The van der Waals surface area contributed by atoms with E-state index in [-0.39, 0.29) is 0 Å². The highest BCUT2D eigenvalue weighted by Gasteiger charge is 2.33. The predicted molar refractivity (Wildman–Crippen MR) is 75.0 cm³/mol. The van der Waals surface area contributed by atoms with Crippen LogP contribution in [-0.2, 0) is 11.2 Å². The van der Waals surface area contributed by atoms with Gasteiger partial charge in [-0.25, -0.2) is 4.68 Å². The summed E-state index contributed by atoms with van der Waals surface area (Å²) < 4.78 is 8.90. The number of aromatic nitrogens is 2. The second-order valence-electron chi connectivity index (χ2n) is 5.21. The van der Waals surface area contributed by atoms with Crippen LogP contribution in [0.3, 0.4) is 0 Å². The summed E-state index contributed by atoms with van der Waals surface area (Å²) in [6, 6.07) is 0.505. The molecular weight excluding hydrogens is 294 g/mol. The molecule has 100 valence electrons. The normalized spacial score (nSPS) is 27.0. The van der Waals surface area contributed by atoms with Crippen molar-refractivity contribution in [3.63, 3.8) is 0 Å². The van der Waals surface area contributed by atoms with E-state index in [0.29, 0.717) is 12.0 Å². The van der Waals surface area contributed by atoms with Gasteiger partial charge in [0.2, 0.25) is 0 Å². The maximum absolute atomic E-state index is 5.54. The number of aryl methyl sites for hydroxylation is 1. The number of hydrogen-bond donors (Lipinski definition) is 1. The molecule has 1 aromatic heterocycles. The highest BCUT2D eigenvalue weighted by Crippen LogP contribution is 2.38. The molecule has 0 amide bonds. The number of ether oxygens (including phenoxy) is 1. The molecule has 0 saturated carbocycles. The first kappa shape index (κ1) is 12.5. The van der Waals surface area contributed by atoms with E-state index in [1.54, 1.807) is 0 Å². The molecule has 0 radical (unpaired) electrons. The highest BCUT2D eigenvalue weighted by atomic mass is 79.9. The molecule has 5 heteroatoms. The summed E-state index contributed by atoms with van der Waals surface area (Å²) in [5.41, 5.74) is 1.19.